The summed E-state index contributed by atoms with van der Waals surface area (Å²) in [7, 11) is 0. The number of halogens is 3. The van der Waals surface area contributed by atoms with Crippen LogP contribution in [0.1, 0.15) is 33.6 Å². The third-order valence-corrected chi connectivity index (χ3v) is 8.83. The van der Waals surface area contributed by atoms with E-state index in [1.54, 1.807) is 24.3 Å². The zero-order chi connectivity index (χ0) is 17.0. The fourth-order valence-corrected chi connectivity index (χ4v) is 6.73. The quantitative estimate of drug-likeness (QED) is 0.528. The van der Waals surface area contributed by atoms with Crippen molar-refractivity contribution >= 4 is 39.3 Å². The van der Waals surface area contributed by atoms with E-state index in [1.165, 1.54) is 0 Å². The van der Waals surface area contributed by atoms with Crippen LogP contribution in [0.25, 0.3) is 0 Å². The molecule has 126 valence electrons. The van der Waals surface area contributed by atoms with E-state index in [-0.39, 0.29) is 21.6 Å². The van der Waals surface area contributed by atoms with Gasteiger partial charge in [0.15, 0.2) is 0 Å². The molecule has 0 saturated heterocycles. The first-order chi connectivity index (χ1) is 10.6. The second-order valence-corrected chi connectivity index (χ2v) is 9.21. The lowest BCUT2D eigenvalue weighted by molar-refractivity contribution is -0.155. The molecule has 0 heterocycles. The molecule has 1 N–H and O–H groups in total. The van der Waals surface area contributed by atoms with Gasteiger partial charge in [-0.15, -0.1) is 0 Å². The smallest absolute Gasteiger partial charge is 0.288 e. The minimum absolute atomic E-state index is 0.0219. The number of benzene rings is 1. The molecular formula is C17H20BrF2NOS. The summed E-state index contributed by atoms with van der Waals surface area (Å²) in [6.07, 6.45) is 1.91. The maximum atomic E-state index is 12.9. The predicted molar refractivity (Wildman–Crippen MR) is 93.2 cm³/mol. The molecule has 3 aliphatic rings. The van der Waals surface area contributed by atoms with E-state index in [0.29, 0.717) is 22.3 Å². The first kappa shape index (κ1) is 17.2. The van der Waals surface area contributed by atoms with Crippen molar-refractivity contribution in [2.45, 2.75) is 49.1 Å². The van der Waals surface area contributed by atoms with Gasteiger partial charge in [-0.2, -0.15) is 8.78 Å². The van der Waals surface area contributed by atoms with Crippen molar-refractivity contribution in [3.63, 3.8) is 0 Å². The molecule has 23 heavy (non-hydrogen) atoms. The van der Waals surface area contributed by atoms with Crippen LogP contribution >= 0.6 is 27.7 Å². The number of rotatable bonds is 4. The average molecular weight is 404 g/mol. The number of hydrogen-bond donors (Lipinski definition) is 1. The summed E-state index contributed by atoms with van der Waals surface area (Å²) in [4.78, 5) is 13.6. The van der Waals surface area contributed by atoms with Gasteiger partial charge >= 0.3 is 0 Å². The van der Waals surface area contributed by atoms with Crippen molar-refractivity contribution in [1.82, 2.24) is 0 Å². The molecule has 3 saturated carbocycles. The number of fused-ring (bicyclic) bond motifs is 1. The molecule has 3 atom stereocenters. The zero-order valence-corrected chi connectivity index (χ0v) is 15.7. The molecule has 6 heteroatoms. The summed E-state index contributed by atoms with van der Waals surface area (Å²) >= 11 is 4.25. The molecule has 0 aromatic heterocycles. The molecule has 2 bridgehead atoms. The highest BCUT2D eigenvalue weighted by atomic mass is 79.9. The number of carbonyl (C=O) groups excluding carboxylic acids is 1. The van der Waals surface area contributed by atoms with Crippen molar-refractivity contribution in [3.05, 3.63) is 24.3 Å². The average Bonchev–Trinajstić information content (AvgIpc) is 2.88. The second-order valence-electron chi connectivity index (χ2n) is 7.23. The minimum Gasteiger partial charge on any atom is -0.326 e. The molecule has 0 aliphatic heterocycles. The summed E-state index contributed by atoms with van der Waals surface area (Å²) in [5.74, 6) is -2.41. The fourth-order valence-electron chi connectivity index (χ4n) is 4.42. The Balaban J connectivity index is 1.75. The maximum Gasteiger partial charge on any atom is 0.288 e. The third kappa shape index (κ3) is 2.20. The standard InChI is InChI=1S/C17H20BrF2NOS/c1-15(2)16(3)8-9-17(15,12(16)18)13(22)21-10-4-6-11(7-5-10)23-14(19)20/h4-7,12,14H,8-9H2,1-3H3,(H,21,22). The Hall–Kier alpha value is -0.620. The Morgan fingerprint density at radius 1 is 1.26 bits per heavy atom. The van der Waals surface area contributed by atoms with Gasteiger partial charge in [0.05, 0.1) is 5.41 Å². The highest BCUT2D eigenvalue weighted by Gasteiger charge is 2.80. The van der Waals surface area contributed by atoms with Crippen LogP contribution in [-0.4, -0.2) is 16.5 Å². The summed E-state index contributed by atoms with van der Waals surface area (Å²) < 4.78 is 24.7. The van der Waals surface area contributed by atoms with Crippen LogP contribution in [0.4, 0.5) is 14.5 Å². The Morgan fingerprint density at radius 3 is 2.30 bits per heavy atom. The van der Waals surface area contributed by atoms with Crippen molar-refractivity contribution in [3.8, 4) is 0 Å². The molecule has 1 aromatic rings. The molecule has 3 fully saturated rings. The molecule has 3 aliphatic carbocycles. The second kappa shape index (κ2) is 5.45. The molecular weight excluding hydrogens is 384 g/mol. The largest absolute Gasteiger partial charge is 0.326 e. The highest BCUT2D eigenvalue weighted by molar-refractivity contribution is 9.09. The van der Waals surface area contributed by atoms with E-state index in [2.05, 4.69) is 42.0 Å². The zero-order valence-electron chi connectivity index (χ0n) is 13.3. The number of hydrogen-bond acceptors (Lipinski definition) is 2. The van der Waals surface area contributed by atoms with Crippen molar-refractivity contribution < 1.29 is 13.6 Å². The van der Waals surface area contributed by atoms with Gasteiger partial charge in [-0.3, -0.25) is 4.79 Å². The summed E-state index contributed by atoms with van der Waals surface area (Å²) in [6, 6.07) is 6.59. The number of nitrogens with one attached hydrogen (secondary N) is 1. The van der Waals surface area contributed by atoms with Crippen molar-refractivity contribution in [1.29, 1.82) is 0 Å². The van der Waals surface area contributed by atoms with Crippen LogP contribution in [0.3, 0.4) is 0 Å². The Morgan fingerprint density at radius 2 is 1.87 bits per heavy atom. The fraction of sp³-hybridized carbons (Fsp3) is 0.588. The number of carbonyl (C=O) groups is 1. The summed E-state index contributed by atoms with van der Waals surface area (Å²) in [5.41, 5.74) is 0.322. The van der Waals surface area contributed by atoms with E-state index < -0.39 is 11.2 Å². The minimum atomic E-state index is -2.43. The number of anilines is 1. The van der Waals surface area contributed by atoms with E-state index in [0.717, 1.165) is 12.8 Å². The normalized spacial score (nSPS) is 34.3. The SMILES string of the molecule is CC12CCC(C(=O)Nc3ccc(SC(F)F)cc3)(C1Br)C2(C)C. The van der Waals surface area contributed by atoms with E-state index in [1.807, 2.05) is 0 Å². The van der Waals surface area contributed by atoms with Crippen LogP contribution in [0.5, 0.6) is 0 Å². The molecule has 2 nitrogen and oxygen atoms in total. The molecule has 4 rings (SSSR count). The van der Waals surface area contributed by atoms with Crippen LogP contribution in [0.15, 0.2) is 29.2 Å². The van der Waals surface area contributed by atoms with Crippen molar-refractivity contribution in [2.75, 3.05) is 5.32 Å². The predicted octanol–water partition coefficient (Wildman–Crippen LogP) is 5.53. The highest BCUT2D eigenvalue weighted by Crippen LogP contribution is 2.79. The van der Waals surface area contributed by atoms with Crippen LogP contribution < -0.4 is 5.32 Å². The Kier molecular flexibility index (Phi) is 4.08. The van der Waals surface area contributed by atoms with Gasteiger partial charge in [0.2, 0.25) is 5.91 Å². The molecule has 3 unspecified atom stereocenters. The first-order valence-electron chi connectivity index (χ1n) is 7.65. The number of amides is 1. The first-order valence-corrected chi connectivity index (χ1v) is 9.45. The number of alkyl halides is 3. The summed E-state index contributed by atoms with van der Waals surface area (Å²) in [5, 5.41) is 2.98. The van der Waals surface area contributed by atoms with Gasteiger partial charge in [-0.05, 0) is 47.9 Å². The Labute approximate surface area is 147 Å². The molecule has 1 amide bonds. The molecule has 0 radical (unpaired) electrons. The molecule has 0 spiro atoms. The third-order valence-electron chi connectivity index (χ3n) is 6.32. The van der Waals surface area contributed by atoms with E-state index >= 15 is 0 Å². The van der Waals surface area contributed by atoms with Crippen LogP contribution in [0, 0.1) is 16.2 Å². The lowest BCUT2D eigenvalue weighted by atomic mass is 9.43. The van der Waals surface area contributed by atoms with Crippen LogP contribution in [0.2, 0.25) is 0 Å². The lowest BCUT2D eigenvalue weighted by Crippen LogP contribution is -2.68. The van der Waals surface area contributed by atoms with Gasteiger partial charge in [-0.25, -0.2) is 0 Å². The van der Waals surface area contributed by atoms with E-state index in [4.69, 9.17) is 0 Å². The Bertz CT molecular complexity index is 636. The van der Waals surface area contributed by atoms with Crippen LogP contribution in [-0.2, 0) is 4.79 Å². The summed E-state index contributed by atoms with van der Waals surface area (Å²) in [6.45, 7) is 6.57. The van der Waals surface area contributed by atoms with Gasteiger partial charge in [0.1, 0.15) is 0 Å². The monoisotopic (exact) mass is 403 g/mol. The van der Waals surface area contributed by atoms with Gasteiger partial charge in [0, 0.05) is 15.4 Å². The van der Waals surface area contributed by atoms with Gasteiger partial charge in [0.25, 0.3) is 5.76 Å². The lowest BCUT2D eigenvalue weighted by Gasteiger charge is -2.64. The van der Waals surface area contributed by atoms with Crippen molar-refractivity contribution in [2.24, 2.45) is 16.2 Å². The topological polar surface area (TPSA) is 29.1 Å². The number of thioether (sulfide) groups is 1. The van der Waals surface area contributed by atoms with Gasteiger partial charge in [-0.1, -0.05) is 48.5 Å². The van der Waals surface area contributed by atoms with E-state index in [9.17, 15) is 13.6 Å². The maximum absolute atomic E-state index is 12.9. The molecule has 1 aromatic carbocycles. The van der Waals surface area contributed by atoms with Gasteiger partial charge < -0.3 is 5.32 Å².